The van der Waals surface area contributed by atoms with Crippen LogP contribution in [-0.2, 0) is 6.54 Å². The van der Waals surface area contributed by atoms with Crippen LogP contribution in [0.5, 0.6) is 0 Å². The van der Waals surface area contributed by atoms with E-state index < -0.39 is 0 Å². The first kappa shape index (κ1) is 7.56. The maximum atomic E-state index is 3.38. The van der Waals surface area contributed by atoms with Gasteiger partial charge < -0.3 is 5.32 Å². The van der Waals surface area contributed by atoms with Crippen LogP contribution in [0.1, 0.15) is 18.1 Å². The average molecular weight is 159 g/mol. The summed E-state index contributed by atoms with van der Waals surface area (Å²) in [6, 6.07) is 8.53. The van der Waals surface area contributed by atoms with Crippen molar-refractivity contribution in [3.63, 3.8) is 0 Å². The van der Waals surface area contributed by atoms with Crippen LogP contribution < -0.4 is 5.32 Å². The van der Waals surface area contributed by atoms with Gasteiger partial charge in [0.15, 0.2) is 0 Å². The van der Waals surface area contributed by atoms with E-state index in [1.54, 1.807) is 0 Å². The number of hydrogen-bond acceptors (Lipinski definition) is 1. The van der Waals surface area contributed by atoms with Crippen molar-refractivity contribution in [2.45, 2.75) is 13.5 Å². The lowest BCUT2D eigenvalue weighted by Crippen LogP contribution is -2.13. The molecule has 1 heteroatoms. The second kappa shape index (κ2) is 3.11. The highest BCUT2D eigenvalue weighted by molar-refractivity contribution is 5.57. The summed E-state index contributed by atoms with van der Waals surface area (Å²) in [5.41, 5.74) is 4.16. The third-order valence-electron chi connectivity index (χ3n) is 2.18. The highest BCUT2D eigenvalue weighted by Crippen LogP contribution is 2.15. The average Bonchev–Trinajstić information content (AvgIpc) is 2.25. The zero-order chi connectivity index (χ0) is 8.39. The Morgan fingerprint density at radius 1 is 1.17 bits per heavy atom. The first-order valence-corrected chi connectivity index (χ1v) is 4.32. The summed E-state index contributed by atoms with van der Waals surface area (Å²) in [7, 11) is 0. The summed E-state index contributed by atoms with van der Waals surface area (Å²) in [4.78, 5) is 0. The van der Waals surface area contributed by atoms with Crippen LogP contribution in [0.3, 0.4) is 0 Å². The van der Waals surface area contributed by atoms with Gasteiger partial charge in [0.05, 0.1) is 0 Å². The monoisotopic (exact) mass is 159 g/mol. The summed E-state index contributed by atoms with van der Waals surface area (Å²) < 4.78 is 0. The second-order valence-electron chi connectivity index (χ2n) is 3.29. The molecule has 2 rings (SSSR count). The SMILES string of the molecule is CC1=Cc2ccccc2CNC1. The lowest BCUT2D eigenvalue weighted by Gasteiger charge is -2.01. The Labute approximate surface area is 73.1 Å². The zero-order valence-electron chi connectivity index (χ0n) is 7.30. The van der Waals surface area contributed by atoms with Gasteiger partial charge in [0.25, 0.3) is 0 Å². The van der Waals surface area contributed by atoms with Crippen LogP contribution in [0.2, 0.25) is 0 Å². The zero-order valence-corrected chi connectivity index (χ0v) is 7.30. The molecular weight excluding hydrogens is 146 g/mol. The Balaban J connectivity index is 2.47. The molecule has 0 saturated heterocycles. The normalized spacial score (nSPS) is 16.2. The van der Waals surface area contributed by atoms with Crippen LogP contribution in [0, 0.1) is 0 Å². The molecule has 0 aliphatic carbocycles. The lowest BCUT2D eigenvalue weighted by atomic mass is 10.1. The minimum atomic E-state index is 0.990. The molecule has 1 N–H and O–H groups in total. The Kier molecular flexibility index (Phi) is 1.96. The van der Waals surface area contributed by atoms with Gasteiger partial charge in [0.1, 0.15) is 0 Å². The van der Waals surface area contributed by atoms with Gasteiger partial charge in [-0.15, -0.1) is 0 Å². The molecule has 12 heavy (non-hydrogen) atoms. The van der Waals surface area contributed by atoms with Crippen molar-refractivity contribution < 1.29 is 0 Å². The quantitative estimate of drug-likeness (QED) is 0.612. The molecule has 0 amide bonds. The van der Waals surface area contributed by atoms with E-state index in [-0.39, 0.29) is 0 Å². The molecule has 1 aromatic rings. The van der Waals surface area contributed by atoms with Crippen molar-refractivity contribution in [3.8, 4) is 0 Å². The number of rotatable bonds is 0. The topological polar surface area (TPSA) is 12.0 Å². The van der Waals surface area contributed by atoms with Crippen molar-refractivity contribution >= 4 is 6.08 Å². The van der Waals surface area contributed by atoms with Gasteiger partial charge in [-0.2, -0.15) is 0 Å². The highest BCUT2D eigenvalue weighted by atomic mass is 14.8. The van der Waals surface area contributed by atoms with Crippen molar-refractivity contribution in [2.24, 2.45) is 0 Å². The van der Waals surface area contributed by atoms with E-state index in [0.29, 0.717) is 0 Å². The molecule has 1 aromatic carbocycles. The van der Waals surface area contributed by atoms with Crippen molar-refractivity contribution in [1.82, 2.24) is 5.32 Å². The predicted molar refractivity (Wildman–Crippen MR) is 51.8 cm³/mol. The second-order valence-corrected chi connectivity index (χ2v) is 3.29. The van der Waals surface area contributed by atoms with E-state index in [2.05, 4.69) is 42.6 Å². The molecular formula is C11H13N. The number of nitrogens with one attached hydrogen (secondary N) is 1. The molecule has 1 heterocycles. The van der Waals surface area contributed by atoms with Crippen molar-refractivity contribution in [1.29, 1.82) is 0 Å². The van der Waals surface area contributed by atoms with E-state index in [9.17, 15) is 0 Å². The Morgan fingerprint density at radius 2 is 2.00 bits per heavy atom. The Hall–Kier alpha value is -1.08. The van der Waals surface area contributed by atoms with E-state index in [1.807, 2.05) is 0 Å². The maximum absolute atomic E-state index is 3.38. The van der Waals surface area contributed by atoms with E-state index in [1.165, 1.54) is 16.7 Å². The summed E-state index contributed by atoms with van der Waals surface area (Å²) in [6.07, 6.45) is 2.26. The van der Waals surface area contributed by atoms with Crippen LogP contribution in [0.4, 0.5) is 0 Å². The molecule has 0 spiro atoms. The number of benzene rings is 1. The van der Waals surface area contributed by atoms with Gasteiger partial charge in [0.2, 0.25) is 0 Å². The maximum Gasteiger partial charge on any atom is 0.0214 e. The van der Waals surface area contributed by atoms with Gasteiger partial charge in [-0.25, -0.2) is 0 Å². The van der Waals surface area contributed by atoms with Crippen LogP contribution in [0.25, 0.3) is 6.08 Å². The molecule has 1 aliphatic heterocycles. The standard InChI is InChI=1S/C11H13N/c1-9-6-10-4-2-3-5-11(10)8-12-7-9/h2-6,12H,7-8H2,1H3. The molecule has 0 saturated carbocycles. The Morgan fingerprint density at radius 3 is 2.92 bits per heavy atom. The fourth-order valence-corrected chi connectivity index (χ4v) is 1.55. The highest BCUT2D eigenvalue weighted by Gasteiger charge is 2.03. The summed E-state index contributed by atoms with van der Waals surface area (Å²) in [5, 5.41) is 3.38. The van der Waals surface area contributed by atoms with Crippen molar-refractivity contribution in [3.05, 3.63) is 41.0 Å². The first-order chi connectivity index (χ1) is 5.86. The predicted octanol–water partition coefficient (Wildman–Crippen LogP) is 2.19. The molecule has 0 radical (unpaired) electrons. The summed E-state index contributed by atoms with van der Waals surface area (Å²) in [5.74, 6) is 0. The minimum absolute atomic E-state index is 0.990. The molecule has 62 valence electrons. The molecule has 1 nitrogen and oxygen atoms in total. The summed E-state index contributed by atoms with van der Waals surface area (Å²) in [6.45, 7) is 4.16. The first-order valence-electron chi connectivity index (χ1n) is 4.32. The van der Waals surface area contributed by atoms with Gasteiger partial charge in [0, 0.05) is 13.1 Å². The van der Waals surface area contributed by atoms with E-state index in [4.69, 9.17) is 0 Å². The van der Waals surface area contributed by atoms with Gasteiger partial charge >= 0.3 is 0 Å². The van der Waals surface area contributed by atoms with Crippen LogP contribution in [-0.4, -0.2) is 6.54 Å². The lowest BCUT2D eigenvalue weighted by molar-refractivity contribution is 0.748. The Bertz CT molecular complexity index is 313. The molecule has 0 atom stereocenters. The largest absolute Gasteiger partial charge is 0.309 e. The van der Waals surface area contributed by atoms with Gasteiger partial charge in [-0.05, 0) is 18.1 Å². The van der Waals surface area contributed by atoms with E-state index >= 15 is 0 Å². The fraction of sp³-hybridized carbons (Fsp3) is 0.273. The summed E-state index contributed by atoms with van der Waals surface area (Å²) >= 11 is 0. The third-order valence-corrected chi connectivity index (χ3v) is 2.18. The number of hydrogen-bond donors (Lipinski definition) is 1. The fourth-order valence-electron chi connectivity index (χ4n) is 1.55. The molecule has 0 bridgehead atoms. The minimum Gasteiger partial charge on any atom is -0.309 e. The van der Waals surface area contributed by atoms with Crippen LogP contribution >= 0.6 is 0 Å². The smallest absolute Gasteiger partial charge is 0.0214 e. The molecule has 0 aromatic heterocycles. The molecule has 1 aliphatic rings. The van der Waals surface area contributed by atoms with Crippen LogP contribution in [0.15, 0.2) is 29.8 Å². The van der Waals surface area contributed by atoms with Crippen molar-refractivity contribution in [2.75, 3.05) is 6.54 Å². The third kappa shape index (κ3) is 1.41. The van der Waals surface area contributed by atoms with Gasteiger partial charge in [-0.1, -0.05) is 35.9 Å². The van der Waals surface area contributed by atoms with E-state index in [0.717, 1.165) is 13.1 Å². The molecule has 0 fully saturated rings. The van der Waals surface area contributed by atoms with Gasteiger partial charge in [-0.3, -0.25) is 0 Å². The number of fused-ring (bicyclic) bond motifs is 1. The molecule has 0 unspecified atom stereocenters.